The molecular weight excluding hydrogens is 364 g/mol. The molecule has 108 valence electrons. The average Bonchev–Trinajstić information content (AvgIpc) is 2.42. The van der Waals surface area contributed by atoms with Crippen LogP contribution in [0.15, 0.2) is 29.0 Å². The number of hydrogen-bond donors (Lipinski definition) is 1. The highest BCUT2D eigenvalue weighted by Crippen LogP contribution is 2.22. The number of nitro groups is 1. The fourth-order valence-electron chi connectivity index (χ4n) is 1.54. The number of aromatic nitrogens is 2. The maximum atomic E-state index is 12.1. The summed E-state index contributed by atoms with van der Waals surface area (Å²) in [5, 5.41) is 13.1. The van der Waals surface area contributed by atoms with E-state index in [4.69, 9.17) is 11.6 Å². The minimum atomic E-state index is -0.650. The largest absolute Gasteiger partial charge is 0.306 e. The molecule has 0 saturated carbocycles. The summed E-state index contributed by atoms with van der Waals surface area (Å²) in [4.78, 5) is 29.9. The molecule has 1 amide bonds. The molecule has 0 aromatic carbocycles. The van der Waals surface area contributed by atoms with E-state index in [0.29, 0.717) is 5.82 Å². The zero-order valence-electron chi connectivity index (χ0n) is 10.6. The summed E-state index contributed by atoms with van der Waals surface area (Å²) in [5.41, 5.74) is 0.326. The zero-order valence-corrected chi connectivity index (χ0v) is 13.0. The Morgan fingerprint density at radius 2 is 2.10 bits per heavy atom. The van der Waals surface area contributed by atoms with Crippen molar-refractivity contribution in [3.63, 3.8) is 0 Å². The van der Waals surface area contributed by atoms with Crippen molar-refractivity contribution in [2.24, 2.45) is 0 Å². The monoisotopic (exact) mass is 370 g/mol. The third kappa shape index (κ3) is 3.53. The van der Waals surface area contributed by atoms with Gasteiger partial charge in [0.2, 0.25) is 0 Å². The number of hydrogen-bond acceptors (Lipinski definition) is 5. The summed E-state index contributed by atoms with van der Waals surface area (Å²) >= 11 is 9.07. The Morgan fingerprint density at radius 3 is 2.71 bits per heavy atom. The molecule has 0 bridgehead atoms. The highest BCUT2D eigenvalue weighted by atomic mass is 79.9. The van der Waals surface area contributed by atoms with Crippen molar-refractivity contribution in [2.45, 2.75) is 6.92 Å². The Balaban J connectivity index is 2.32. The number of aryl methyl sites for hydroxylation is 1. The number of carbonyl (C=O) groups excluding carboxylic acids is 1. The van der Waals surface area contributed by atoms with E-state index in [9.17, 15) is 14.9 Å². The van der Waals surface area contributed by atoms with Gasteiger partial charge in [0.1, 0.15) is 17.2 Å². The van der Waals surface area contributed by atoms with Gasteiger partial charge in [-0.25, -0.2) is 9.97 Å². The molecule has 0 fully saturated rings. The van der Waals surface area contributed by atoms with Crippen molar-refractivity contribution in [3.05, 3.63) is 55.4 Å². The normalized spacial score (nSPS) is 10.2. The number of rotatable bonds is 3. The number of nitrogens with zero attached hydrogens (tertiary/aromatic N) is 3. The van der Waals surface area contributed by atoms with Gasteiger partial charge in [-0.15, -0.1) is 0 Å². The molecule has 2 aromatic heterocycles. The summed E-state index contributed by atoms with van der Waals surface area (Å²) in [6, 6.07) is 2.84. The number of anilines is 1. The Labute approximate surface area is 132 Å². The van der Waals surface area contributed by atoms with Crippen LogP contribution in [0.3, 0.4) is 0 Å². The predicted molar refractivity (Wildman–Crippen MR) is 80.5 cm³/mol. The molecule has 0 atom stereocenters. The molecule has 1 N–H and O–H groups in total. The molecule has 0 spiro atoms. The molecule has 21 heavy (non-hydrogen) atoms. The Bertz CT molecular complexity index is 738. The summed E-state index contributed by atoms with van der Waals surface area (Å²) in [5.74, 6) is -0.278. The van der Waals surface area contributed by atoms with Crippen molar-refractivity contribution in [1.82, 2.24) is 9.97 Å². The van der Waals surface area contributed by atoms with E-state index in [-0.39, 0.29) is 16.4 Å². The molecule has 2 heterocycles. The quantitative estimate of drug-likeness (QED) is 0.507. The zero-order chi connectivity index (χ0) is 15.6. The van der Waals surface area contributed by atoms with Gasteiger partial charge >= 0.3 is 0 Å². The third-order valence-corrected chi connectivity index (χ3v) is 3.29. The van der Waals surface area contributed by atoms with Crippen LogP contribution in [0.25, 0.3) is 0 Å². The van der Waals surface area contributed by atoms with E-state index in [1.807, 2.05) is 0 Å². The van der Waals surface area contributed by atoms with E-state index >= 15 is 0 Å². The lowest BCUT2D eigenvalue weighted by Gasteiger charge is -2.08. The SMILES string of the molecule is Cc1cc(Br)cnc1NC(=O)c1cc([N+](=O)[O-])cnc1Cl. The van der Waals surface area contributed by atoms with E-state index in [0.717, 1.165) is 22.3 Å². The Hall–Kier alpha value is -2.06. The van der Waals surface area contributed by atoms with Crippen molar-refractivity contribution >= 4 is 44.9 Å². The summed E-state index contributed by atoms with van der Waals surface area (Å²) in [6.45, 7) is 1.76. The van der Waals surface area contributed by atoms with Gasteiger partial charge in [-0.2, -0.15) is 0 Å². The molecule has 0 unspecified atom stereocenters. The van der Waals surface area contributed by atoms with Crippen molar-refractivity contribution in [3.8, 4) is 0 Å². The van der Waals surface area contributed by atoms with E-state index in [1.54, 1.807) is 13.0 Å². The van der Waals surface area contributed by atoms with Crippen LogP contribution < -0.4 is 5.32 Å². The Kier molecular flexibility index (Phi) is 4.49. The first-order valence-corrected chi connectivity index (χ1v) is 6.79. The first-order chi connectivity index (χ1) is 9.88. The molecule has 0 aliphatic heterocycles. The highest BCUT2D eigenvalue weighted by molar-refractivity contribution is 9.10. The number of amides is 1. The molecular formula is C12H8BrClN4O3. The number of carbonyl (C=O) groups is 1. The molecule has 2 rings (SSSR count). The van der Waals surface area contributed by atoms with Gasteiger partial charge < -0.3 is 5.32 Å². The lowest BCUT2D eigenvalue weighted by Crippen LogP contribution is -2.15. The van der Waals surface area contributed by atoms with Gasteiger partial charge in [-0.1, -0.05) is 11.6 Å². The van der Waals surface area contributed by atoms with Crippen LogP contribution in [0, 0.1) is 17.0 Å². The van der Waals surface area contributed by atoms with Crippen LogP contribution >= 0.6 is 27.5 Å². The molecule has 0 aliphatic rings. The molecule has 9 heteroatoms. The van der Waals surface area contributed by atoms with Gasteiger partial charge in [-0.05, 0) is 34.5 Å². The fourth-order valence-corrected chi connectivity index (χ4v) is 2.18. The van der Waals surface area contributed by atoms with Crippen molar-refractivity contribution < 1.29 is 9.72 Å². The third-order valence-electron chi connectivity index (χ3n) is 2.56. The van der Waals surface area contributed by atoms with Crippen LogP contribution in [0.1, 0.15) is 15.9 Å². The van der Waals surface area contributed by atoms with Crippen molar-refractivity contribution in [1.29, 1.82) is 0 Å². The first kappa shape index (κ1) is 15.3. The van der Waals surface area contributed by atoms with E-state index < -0.39 is 10.8 Å². The van der Waals surface area contributed by atoms with Crippen LogP contribution in [-0.2, 0) is 0 Å². The number of nitrogens with one attached hydrogen (secondary N) is 1. The molecule has 0 aliphatic carbocycles. The first-order valence-electron chi connectivity index (χ1n) is 5.62. The second-order valence-corrected chi connectivity index (χ2v) is 5.34. The molecule has 0 saturated heterocycles. The average molecular weight is 372 g/mol. The van der Waals surface area contributed by atoms with Gasteiger partial charge in [0.25, 0.3) is 11.6 Å². The number of halogens is 2. The minimum absolute atomic E-state index is 0.0880. The maximum Gasteiger partial charge on any atom is 0.288 e. The van der Waals surface area contributed by atoms with Gasteiger partial charge in [0.05, 0.1) is 10.5 Å². The summed E-state index contributed by atoms with van der Waals surface area (Å²) in [7, 11) is 0. The standard InChI is InChI=1S/C12H8BrClN4O3/c1-6-2-7(13)4-16-11(6)17-12(19)9-3-8(18(20)21)5-15-10(9)14/h2-5H,1H3,(H,16,17,19). The lowest BCUT2D eigenvalue weighted by atomic mass is 10.2. The summed E-state index contributed by atoms with van der Waals surface area (Å²) in [6.07, 6.45) is 2.51. The van der Waals surface area contributed by atoms with Gasteiger partial charge in [0, 0.05) is 16.7 Å². The maximum absolute atomic E-state index is 12.1. The second kappa shape index (κ2) is 6.15. The van der Waals surface area contributed by atoms with E-state index in [1.165, 1.54) is 6.20 Å². The Morgan fingerprint density at radius 1 is 1.38 bits per heavy atom. The van der Waals surface area contributed by atoms with Crippen LogP contribution in [0.5, 0.6) is 0 Å². The topological polar surface area (TPSA) is 98.0 Å². The fraction of sp³-hybridized carbons (Fsp3) is 0.0833. The number of pyridine rings is 2. The van der Waals surface area contributed by atoms with Crippen molar-refractivity contribution in [2.75, 3.05) is 5.32 Å². The minimum Gasteiger partial charge on any atom is -0.306 e. The summed E-state index contributed by atoms with van der Waals surface area (Å²) < 4.78 is 0.771. The molecule has 2 aromatic rings. The highest BCUT2D eigenvalue weighted by Gasteiger charge is 2.18. The van der Waals surface area contributed by atoms with Gasteiger partial charge in [0.15, 0.2) is 0 Å². The lowest BCUT2D eigenvalue weighted by molar-refractivity contribution is -0.385. The molecule has 7 nitrogen and oxygen atoms in total. The van der Waals surface area contributed by atoms with E-state index in [2.05, 4.69) is 31.2 Å². The van der Waals surface area contributed by atoms with Gasteiger partial charge in [-0.3, -0.25) is 14.9 Å². The van der Waals surface area contributed by atoms with Crippen LogP contribution in [-0.4, -0.2) is 20.8 Å². The smallest absolute Gasteiger partial charge is 0.288 e. The van der Waals surface area contributed by atoms with Crippen LogP contribution in [0.4, 0.5) is 11.5 Å². The second-order valence-electron chi connectivity index (χ2n) is 4.06. The predicted octanol–water partition coefficient (Wildman–Crippen LogP) is 3.36. The van der Waals surface area contributed by atoms with Crippen LogP contribution in [0.2, 0.25) is 5.15 Å². The molecule has 0 radical (unpaired) electrons.